The van der Waals surface area contributed by atoms with Gasteiger partial charge < -0.3 is 19.1 Å². The lowest BCUT2D eigenvalue weighted by Crippen LogP contribution is -2.46. The van der Waals surface area contributed by atoms with Crippen LogP contribution < -0.4 is 19.1 Å². The molecule has 3 amide bonds. The Hall–Kier alpha value is -3.55. The highest BCUT2D eigenvalue weighted by atomic mass is 16.5. The monoisotopic (exact) mass is 468 g/mol. The molecule has 8 heteroatoms. The van der Waals surface area contributed by atoms with Crippen molar-refractivity contribution in [3.8, 4) is 17.2 Å². The third-order valence-corrected chi connectivity index (χ3v) is 5.78. The van der Waals surface area contributed by atoms with E-state index in [1.165, 1.54) is 4.90 Å². The van der Waals surface area contributed by atoms with Crippen LogP contribution in [0.4, 0.5) is 5.69 Å². The van der Waals surface area contributed by atoms with Gasteiger partial charge in [0.25, 0.3) is 5.91 Å². The average molecular weight is 469 g/mol. The molecule has 1 unspecified atom stereocenters. The summed E-state index contributed by atoms with van der Waals surface area (Å²) in [7, 11) is 3.14. The SMILES string of the molecule is CCCC(=O)N(CCc1ccc(OC)c(OC)c1)C1CC(=O)N(c2ccc(OCC)cc2)C1=O. The van der Waals surface area contributed by atoms with E-state index in [2.05, 4.69) is 0 Å². The first kappa shape index (κ1) is 25.1. The lowest BCUT2D eigenvalue weighted by atomic mass is 10.1. The summed E-state index contributed by atoms with van der Waals surface area (Å²) in [5, 5.41) is 0. The van der Waals surface area contributed by atoms with Crippen LogP contribution in [0.15, 0.2) is 42.5 Å². The van der Waals surface area contributed by atoms with Gasteiger partial charge in [-0.05, 0) is 61.7 Å². The molecule has 0 radical (unpaired) electrons. The Bertz CT molecular complexity index is 1020. The second-order valence-electron chi connectivity index (χ2n) is 7.99. The van der Waals surface area contributed by atoms with Gasteiger partial charge in [0, 0.05) is 13.0 Å². The van der Waals surface area contributed by atoms with E-state index in [0.29, 0.717) is 55.4 Å². The molecule has 1 saturated heterocycles. The van der Waals surface area contributed by atoms with Crippen molar-refractivity contribution in [1.82, 2.24) is 4.90 Å². The number of amides is 3. The number of carbonyl (C=O) groups excluding carboxylic acids is 3. The fraction of sp³-hybridized carbons (Fsp3) is 0.423. The number of carbonyl (C=O) groups is 3. The average Bonchev–Trinajstić information content (AvgIpc) is 3.13. The zero-order chi connectivity index (χ0) is 24.7. The van der Waals surface area contributed by atoms with Gasteiger partial charge >= 0.3 is 0 Å². The molecule has 182 valence electrons. The first-order valence-corrected chi connectivity index (χ1v) is 11.5. The molecule has 34 heavy (non-hydrogen) atoms. The number of rotatable bonds is 11. The smallest absolute Gasteiger partial charge is 0.257 e. The minimum atomic E-state index is -0.821. The Morgan fingerprint density at radius 2 is 1.74 bits per heavy atom. The molecule has 1 aliphatic rings. The van der Waals surface area contributed by atoms with Gasteiger partial charge in [-0.3, -0.25) is 14.4 Å². The van der Waals surface area contributed by atoms with Crippen molar-refractivity contribution >= 4 is 23.4 Å². The maximum absolute atomic E-state index is 13.3. The molecule has 0 aliphatic carbocycles. The molecule has 0 saturated carbocycles. The van der Waals surface area contributed by atoms with Crippen LogP contribution in [0.5, 0.6) is 17.2 Å². The second-order valence-corrected chi connectivity index (χ2v) is 7.99. The summed E-state index contributed by atoms with van der Waals surface area (Å²) in [6, 6.07) is 11.6. The summed E-state index contributed by atoms with van der Waals surface area (Å²) < 4.78 is 16.1. The highest BCUT2D eigenvalue weighted by Gasteiger charge is 2.44. The zero-order valence-electron chi connectivity index (χ0n) is 20.2. The van der Waals surface area contributed by atoms with Crippen molar-refractivity contribution in [3.63, 3.8) is 0 Å². The highest BCUT2D eigenvalue weighted by Crippen LogP contribution is 2.30. The Kier molecular flexibility index (Phi) is 8.51. The maximum atomic E-state index is 13.3. The fourth-order valence-corrected chi connectivity index (χ4v) is 4.09. The van der Waals surface area contributed by atoms with Gasteiger partial charge in [-0.25, -0.2) is 4.90 Å². The Balaban J connectivity index is 1.80. The zero-order valence-corrected chi connectivity index (χ0v) is 20.2. The highest BCUT2D eigenvalue weighted by molar-refractivity contribution is 6.23. The summed E-state index contributed by atoms with van der Waals surface area (Å²) in [4.78, 5) is 41.8. The first-order chi connectivity index (χ1) is 16.4. The second kappa shape index (κ2) is 11.5. The predicted octanol–water partition coefficient (Wildman–Crippen LogP) is 3.61. The van der Waals surface area contributed by atoms with Crippen LogP contribution in [-0.4, -0.2) is 56.0 Å². The Morgan fingerprint density at radius 3 is 2.35 bits per heavy atom. The van der Waals surface area contributed by atoms with E-state index in [4.69, 9.17) is 14.2 Å². The molecule has 0 bridgehead atoms. The summed E-state index contributed by atoms with van der Waals surface area (Å²) in [6.45, 7) is 4.64. The molecule has 8 nitrogen and oxygen atoms in total. The fourth-order valence-electron chi connectivity index (χ4n) is 4.09. The topological polar surface area (TPSA) is 85.4 Å². The number of benzene rings is 2. The van der Waals surface area contributed by atoms with E-state index >= 15 is 0 Å². The van der Waals surface area contributed by atoms with Crippen LogP contribution in [0.1, 0.15) is 38.7 Å². The van der Waals surface area contributed by atoms with Crippen molar-refractivity contribution in [2.45, 2.75) is 45.6 Å². The molecule has 2 aromatic carbocycles. The molecule has 2 aromatic rings. The van der Waals surface area contributed by atoms with Gasteiger partial charge in [-0.2, -0.15) is 0 Å². The molecule has 1 heterocycles. The van der Waals surface area contributed by atoms with E-state index < -0.39 is 6.04 Å². The number of hydrogen-bond donors (Lipinski definition) is 0. The van der Waals surface area contributed by atoms with Crippen molar-refractivity contribution in [1.29, 1.82) is 0 Å². The summed E-state index contributed by atoms with van der Waals surface area (Å²) in [5.41, 5.74) is 1.41. The summed E-state index contributed by atoms with van der Waals surface area (Å²) in [5.74, 6) is 1.04. The lowest BCUT2D eigenvalue weighted by molar-refractivity contribution is -0.138. The number of methoxy groups -OCH3 is 2. The third kappa shape index (κ3) is 5.50. The Labute approximate surface area is 200 Å². The molecule has 0 spiro atoms. The molecule has 0 N–H and O–H groups in total. The Morgan fingerprint density at radius 1 is 1.03 bits per heavy atom. The van der Waals surface area contributed by atoms with E-state index in [9.17, 15) is 14.4 Å². The quantitative estimate of drug-likeness (QED) is 0.469. The largest absolute Gasteiger partial charge is 0.494 e. The van der Waals surface area contributed by atoms with E-state index in [1.54, 1.807) is 43.4 Å². The number of imide groups is 1. The maximum Gasteiger partial charge on any atom is 0.257 e. The number of nitrogens with zero attached hydrogens (tertiary/aromatic N) is 2. The van der Waals surface area contributed by atoms with Crippen molar-refractivity contribution in [3.05, 3.63) is 48.0 Å². The molecule has 1 aliphatic heterocycles. The van der Waals surface area contributed by atoms with Crippen LogP contribution in [0.25, 0.3) is 0 Å². The van der Waals surface area contributed by atoms with Gasteiger partial charge in [-0.15, -0.1) is 0 Å². The number of hydrogen-bond acceptors (Lipinski definition) is 6. The standard InChI is InChI=1S/C26H32N2O6/c1-5-7-24(29)27(15-14-18-8-13-22(32-3)23(16-18)33-4)21-17-25(30)28(26(21)31)19-9-11-20(12-10-19)34-6-2/h8-13,16,21H,5-7,14-15,17H2,1-4H3. The van der Waals surface area contributed by atoms with Crippen LogP contribution in [-0.2, 0) is 20.8 Å². The van der Waals surface area contributed by atoms with Gasteiger partial charge in [0.1, 0.15) is 11.8 Å². The molecular formula is C26H32N2O6. The van der Waals surface area contributed by atoms with Crippen molar-refractivity contribution in [2.75, 3.05) is 32.3 Å². The molecule has 1 atom stereocenters. The van der Waals surface area contributed by atoms with Gasteiger partial charge in [-0.1, -0.05) is 13.0 Å². The third-order valence-electron chi connectivity index (χ3n) is 5.78. The van der Waals surface area contributed by atoms with Crippen molar-refractivity contribution < 1.29 is 28.6 Å². The van der Waals surface area contributed by atoms with Crippen LogP contribution in [0.2, 0.25) is 0 Å². The summed E-state index contributed by atoms with van der Waals surface area (Å²) >= 11 is 0. The minimum absolute atomic E-state index is 0.0343. The number of ether oxygens (including phenoxy) is 3. The minimum Gasteiger partial charge on any atom is -0.494 e. The number of anilines is 1. The lowest BCUT2D eigenvalue weighted by Gasteiger charge is -2.28. The normalized spacial score (nSPS) is 15.4. The summed E-state index contributed by atoms with van der Waals surface area (Å²) in [6.07, 6.45) is 1.44. The van der Waals surface area contributed by atoms with E-state index in [1.807, 2.05) is 32.0 Å². The predicted molar refractivity (Wildman–Crippen MR) is 128 cm³/mol. The van der Waals surface area contributed by atoms with Gasteiger partial charge in [0.05, 0.1) is 32.9 Å². The molecule has 1 fully saturated rings. The van der Waals surface area contributed by atoms with Gasteiger partial charge in [0.2, 0.25) is 11.8 Å². The van der Waals surface area contributed by atoms with E-state index in [-0.39, 0.29) is 24.1 Å². The molecule has 3 rings (SSSR count). The van der Waals surface area contributed by atoms with Crippen LogP contribution >= 0.6 is 0 Å². The molecule has 0 aromatic heterocycles. The first-order valence-electron chi connectivity index (χ1n) is 11.5. The molecular weight excluding hydrogens is 436 g/mol. The van der Waals surface area contributed by atoms with Crippen LogP contribution in [0, 0.1) is 0 Å². The van der Waals surface area contributed by atoms with Gasteiger partial charge in [0.15, 0.2) is 11.5 Å². The van der Waals surface area contributed by atoms with Crippen molar-refractivity contribution in [2.24, 2.45) is 0 Å². The van der Waals surface area contributed by atoms with E-state index in [0.717, 1.165) is 5.56 Å². The van der Waals surface area contributed by atoms with Crippen LogP contribution in [0.3, 0.4) is 0 Å².